The summed E-state index contributed by atoms with van der Waals surface area (Å²) in [7, 11) is 0. The highest BCUT2D eigenvalue weighted by atomic mass is 35.5. The van der Waals surface area contributed by atoms with Crippen LogP contribution in [-0.2, 0) is 0 Å². The molecule has 1 amide bonds. The molecule has 3 unspecified atom stereocenters. The van der Waals surface area contributed by atoms with Gasteiger partial charge in [-0.05, 0) is 49.9 Å². The van der Waals surface area contributed by atoms with Crippen LogP contribution in [0.15, 0.2) is 42.6 Å². The van der Waals surface area contributed by atoms with Gasteiger partial charge in [-0.15, -0.1) is 24.8 Å². The standard InChI is InChI=1S/C21H27N5O3.2ClH/c1-14-8-10-25(17(11-14)13-22)21(27)16-6-7-19(20(12-16)26(28)29)24-15(2)18-5-3-4-9-23-18;;/h3-7,9,12,14-15,17,24H,8,10-11,13,22H2,1-2H3;2*1H. The maximum absolute atomic E-state index is 13.0. The van der Waals surface area contributed by atoms with E-state index in [-0.39, 0.29) is 48.5 Å². The molecular formula is C21H29Cl2N5O3. The number of rotatable bonds is 6. The predicted octanol–water partition coefficient (Wildman–Crippen LogP) is 4.21. The summed E-state index contributed by atoms with van der Waals surface area (Å²) in [5.41, 5.74) is 7.17. The number of halogens is 2. The number of likely N-dealkylation sites (tertiary alicyclic amines) is 1. The molecule has 3 atom stereocenters. The molecule has 31 heavy (non-hydrogen) atoms. The third-order valence-electron chi connectivity index (χ3n) is 5.46. The van der Waals surface area contributed by atoms with Crippen molar-refractivity contribution in [2.45, 2.75) is 38.8 Å². The SMILES string of the molecule is CC1CCN(C(=O)c2ccc(NC(C)c3ccccn3)c([N+](=O)[O-])c2)C(CN)C1.Cl.Cl. The van der Waals surface area contributed by atoms with Crippen LogP contribution in [0.25, 0.3) is 0 Å². The highest BCUT2D eigenvalue weighted by Gasteiger charge is 2.30. The van der Waals surface area contributed by atoms with Gasteiger partial charge in [0.2, 0.25) is 0 Å². The van der Waals surface area contributed by atoms with Gasteiger partial charge >= 0.3 is 0 Å². The van der Waals surface area contributed by atoms with Crippen molar-refractivity contribution in [1.82, 2.24) is 9.88 Å². The van der Waals surface area contributed by atoms with Gasteiger partial charge in [-0.3, -0.25) is 19.9 Å². The topological polar surface area (TPSA) is 114 Å². The van der Waals surface area contributed by atoms with E-state index < -0.39 is 4.92 Å². The van der Waals surface area contributed by atoms with Crippen molar-refractivity contribution in [3.63, 3.8) is 0 Å². The summed E-state index contributed by atoms with van der Waals surface area (Å²) in [4.78, 5) is 30.2. The Morgan fingerprint density at radius 3 is 2.71 bits per heavy atom. The van der Waals surface area contributed by atoms with Gasteiger partial charge in [-0.25, -0.2) is 0 Å². The van der Waals surface area contributed by atoms with Crippen LogP contribution < -0.4 is 11.1 Å². The number of carbonyl (C=O) groups is 1. The molecule has 1 aliphatic heterocycles. The van der Waals surface area contributed by atoms with Crippen LogP contribution >= 0.6 is 24.8 Å². The van der Waals surface area contributed by atoms with E-state index >= 15 is 0 Å². The van der Waals surface area contributed by atoms with Gasteiger partial charge in [-0.1, -0.05) is 13.0 Å². The number of nitrogens with zero attached hydrogens (tertiary/aromatic N) is 3. The summed E-state index contributed by atoms with van der Waals surface area (Å²) in [6.07, 6.45) is 3.44. The van der Waals surface area contributed by atoms with E-state index in [4.69, 9.17) is 5.73 Å². The Hall–Kier alpha value is -2.42. The molecule has 0 aliphatic carbocycles. The number of anilines is 1. The summed E-state index contributed by atoms with van der Waals surface area (Å²) in [5.74, 6) is 0.307. The third-order valence-corrected chi connectivity index (χ3v) is 5.46. The Balaban J connectivity index is 0.00000240. The van der Waals surface area contributed by atoms with Crippen LogP contribution in [0.4, 0.5) is 11.4 Å². The first-order valence-corrected chi connectivity index (χ1v) is 9.87. The summed E-state index contributed by atoms with van der Waals surface area (Å²) in [6.45, 7) is 5.04. The Kier molecular flexibility index (Phi) is 10.2. The predicted molar refractivity (Wildman–Crippen MR) is 126 cm³/mol. The van der Waals surface area contributed by atoms with Crippen molar-refractivity contribution in [2.24, 2.45) is 11.7 Å². The molecule has 0 spiro atoms. The zero-order valence-electron chi connectivity index (χ0n) is 17.6. The molecule has 1 fully saturated rings. The third kappa shape index (κ3) is 6.29. The van der Waals surface area contributed by atoms with E-state index in [1.165, 1.54) is 6.07 Å². The van der Waals surface area contributed by atoms with Crippen molar-refractivity contribution >= 4 is 42.1 Å². The second-order valence-corrected chi connectivity index (χ2v) is 7.63. The van der Waals surface area contributed by atoms with Crippen LogP contribution in [0, 0.1) is 16.0 Å². The van der Waals surface area contributed by atoms with Crippen LogP contribution in [0.3, 0.4) is 0 Å². The molecular weight excluding hydrogens is 441 g/mol. The number of piperidine rings is 1. The molecule has 1 saturated heterocycles. The number of nitro benzene ring substituents is 1. The van der Waals surface area contributed by atoms with Crippen LogP contribution in [0.2, 0.25) is 0 Å². The van der Waals surface area contributed by atoms with Crippen molar-refractivity contribution in [1.29, 1.82) is 0 Å². The zero-order valence-corrected chi connectivity index (χ0v) is 19.2. The highest BCUT2D eigenvalue weighted by molar-refractivity contribution is 5.96. The normalized spacial score (nSPS) is 18.9. The second-order valence-electron chi connectivity index (χ2n) is 7.63. The lowest BCUT2D eigenvalue weighted by molar-refractivity contribution is -0.384. The molecule has 8 nitrogen and oxygen atoms in total. The quantitative estimate of drug-likeness (QED) is 0.483. The fraction of sp³-hybridized carbons (Fsp3) is 0.429. The number of pyridine rings is 1. The molecule has 1 aromatic heterocycles. The summed E-state index contributed by atoms with van der Waals surface area (Å²) in [6, 6.07) is 9.85. The summed E-state index contributed by atoms with van der Waals surface area (Å²) >= 11 is 0. The lowest BCUT2D eigenvalue weighted by Gasteiger charge is -2.38. The minimum absolute atomic E-state index is 0. The number of nitro groups is 1. The molecule has 2 heterocycles. The minimum Gasteiger partial charge on any atom is -0.371 e. The number of aromatic nitrogens is 1. The number of nitrogens with one attached hydrogen (secondary N) is 1. The van der Waals surface area contributed by atoms with Gasteiger partial charge in [0.05, 0.1) is 16.7 Å². The number of hydrogen-bond donors (Lipinski definition) is 2. The Labute approximate surface area is 194 Å². The Bertz CT molecular complexity index is 885. The van der Waals surface area contributed by atoms with E-state index in [9.17, 15) is 14.9 Å². The molecule has 3 N–H and O–H groups in total. The van der Waals surface area contributed by atoms with Gasteiger partial charge in [0, 0.05) is 37.0 Å². The van der Waals surface area contributed by atoms with Crippen molar-refractivity contribution in [2.75, 3.05) is 18.4 Å². The van der Waals surface area contributed by atoms with Crippen molar-refractivity contribution < 1.29 is 9.72 Å². The lowest BCUT2D eigenvalue weighted by Crippen LogP contribution is -2.49. The number of carbonyl (C=O) groups excluding carboxylic acids is 1. The first-order valence-electron chi connectivity index (χ1n) is 9.87. The van der Waals surface area contributed by atoms with Crippen LogP contribution in [0.5, 0.6) is 0 Å². The molecule has 1 aliphatic rings. The van der Waals surface area contributed by atoms with E-state index in [1.54, 1.807) is 23.2 Å². The van der Waals surface area contributed by atoms with E-state index in [0.29, 0.717) is 30.3 Å². The van der Waals surface area contributed by atoms with Crippen LogP contribution in [-0.4, -0.2) is 39.8 Å². The van der Waals surface area contributed by atoms with E-state index in [0.717, 1.165) is 18.5 Å². The smallest absolute Gasteiger partial charge is 0.293 e. The molecule has 10 heteroatoms. The molecule has 0 saturated carbocycles. The zero-order chi connectivity index (χ0) is 21.0. The second kappa shape index (κ2) is 11.8. The molecule has 0 bridgehead atoms. The van der Waals surface area contributed by atoms with Crippen molar-refractivity contribution in [3.8, 4) is 0 Å². The summed E-state index contributed by atoms with van der Waals surface area (Å²) < 4.78 is 0. The van der Waals surface area contributed by atoms with Gasteiger partial charge in [-0.2, -0.15) is 0 Å². The monoisotopic (exact) mass is 469 g/mol. The van der Waals surface area contributed by atoms with Gasteiger partial charge in [0.1, 0.15) is 5.69 Å². The maximum Gasteiger partial charge on any atom is 0.293 e. The van der Waals surface area contributed by atoms with Gasteiger partial charge in [0.15, 0.2) is 0 Å². The highest BCUT2D eigenvalue weighted by Crippen LogP contribution is 2.30. The number of hydrogen-bond acceptors (Lipinski definition) is 6. The van der Waals surface area contributed by atoms with Gasteiger partial charge in [0.25, 0.3) is 11.6 Å². The van der Waals surface area contributed by atoms with Crippen molar-refractivity contribution in [3.05, 3.63) is 64.0 Å². The number of nitrogens with two attached hydrogens (primary N) is 1. The average molecular weight is 470 g/mol. The van der Waals surface area contributed by atoms with E-state index in [2.05, 4.69) is 17.2 Å². The fourth-order valence-corrected chi connectivity index (χ4v) is 3.79. The molecule has 170 valence electrons. The van der Waals surface area contributed by atoms with Crippen LogP contribution in [0.1, 0.15) is 48.8 Å². The minimum atomic E-state index is -0.469. The van der Waals surface area contributed by atoms with Gasteiger partial charge < -0.3 is 16.0 Å². The largest absolute Gasteiger partial charge is 0.371 e. The average Bonchev–Trinajstić information content (AvgIpc) is 2.73. The Morgan fingerprint density at radius 1 is 1.35 bits per heavy atom. The Morgan fingerprint density at radius 2 is 2.10 bits per heavy atom. The molecule has 2 aromatic rings. The number of amides is 1. The first-order chi connectivity index (χ1) is 13.9. The maximum atomic E-state index is 13.0. The first kappa shape index (κ1) is 26.6. The molecule has 3 rings (SSSR count). The molecule has 1 aromatic carbocycles. The molecule has 0 radical (unpaired) electrons. The fourth-order valence-electron chi connectivity index (χ4n) is 3.79. The lowest BCUT2D eigenvalue weighted by atomic mass is 9.92. The van der Waals surface area contributed by atoms with E-state index in [1.807, 2.05) is 25.1 Å². The number of benzene rings is 1. The summed E-state index contributed by atoms with van der Waals surface area (Å²) in [5, 5.41) is 14.8.